The van der Waals surface area contributed by atoms with E-state index in [0.717, 1.165) is 0 Å². The third kappa shape index (κ3) is 2.57. The van der Waals surface area contributed by atoms with E-state index in [-0.39, 0.29) is 11.6 Å². The van der Waals surface area contributed by atoms with E-state index in [0.29, 0.717) is 15.7 Å². The maximum Gasteiger partial charge on any atom is 0.277 e. The molecule has 0 bridgehead atoms. The number of aryl methyl sites for hydroxylation is 1. The summed E-state index contributed by atoms with van der Waals surface area (Å²) in [4.78, 5) is 11.8. The van der Waals surface area contributed by atoms with E-state index in [4.69, 9.17) is 23.2 Å². The second kappa shape index (κ2) is 4.73. The lowest BCUT2D eigenvalue weighted by atomic mass is 10.3. The highest BCUT2D eigenvalue weighted by Gasteiger charge is 2.12. The van der Waals surface area contributed by atoms with Gasteiger partial charge in [-0.25, -0.2) is 0 Å². The fraction of sp³-hybridized carbons (Fsp3) is 0.100. The van der Waals surface area contributed by atoms with Gasteiger partial charge in [0.1, 0.15) is 0 Å². The molecular formula is C10H8Cl2N4O. The molecule has 2 aromatic rings. The average Bonchev–Trinajstić information content (AvgIpc) is 2.72. The number of carbonyl (C=O) groups is 1. The summed E-state index contributed by atoms with van der Waals surface area (Å²) in [5, 5.41) is 10.6. The maximum absolute atomic E-state index is 11.8. The Morgan fingerprint density at radius 2 is 2.18 bits per heavy atom. The van der Waals surface area contributed by atoms with Gasteiger partial charge >= 0.3 is 0 Å². The van der Waals surface area contributed by atoms with Crippen molar-refractivity contribution in [2.75, 3.05) is 5.32 Å². The van der Waals surface area contributed by atoms with Crippen molar-refractivity contribution in [1.82, 2.24) is 15.0 Å². The van der Waals surface area contributed by atoms with Crippen LogP contribution in [-0.2, 0) is 7.05 Å². The van der Waals surface area contributed by atoms with Gasteiger partial charge in [0.2, 0.25) is 0 Å². The van der Waals surface area contributed by atoms with Crippen LogP contribution < -0.4 is 5.32 Å². The number of nitrogens with one attached hydrogen (secondary N) is 1. The fourth-order valence-corrected chi connectivity index (χ4v) is 1.59. The van der Waals surface area contributed by atoms with Crippen LogP contribution in [0.4, 0.5) is 5.69 Å². The molecule has 1 aromatic carbocycles. The molecule has 1 N–H and O–H groups in total. The van der Waals surface area contributed by atoms with Crippen LogP contribution in [0.1, 0.15) is 10.5 Å². The van der Waals surface area contributed by atoms with Gasteiger partial charge in [-0.2, -0.15) is 0 Å². The van der Waals surface area contributed by atoms with Crippen LogP contribution in [0.5, 0.6) is 0 Å². The second-order valence-corrected chi connectivity index (χ2v) is 4.12. The molecule has 5 nitrogen and oxygen atoms in total. The number of nitrogens with zero attached hydrogens (tertiary/aromatic N) is 3. The molecular weight excluding hydrogens is 263 g/mol. The Morgan fingerprint density at radius 1 is 1.41 bits per heavy atom. The van der Waals surface area contributed by atoms with Crippen molar-refractivity contribution >= 4 is 34.8 Å². The molecule has 0 fully saturated rings. The number of anilines is 1. The monoisotopic (exact) mass is 270 g/mol. The predicted molar refractivity (Wildman–Crippen MR) is 65.4 cm³/mol. The molecule has 1 amide bonds. The van der Waals surface area contributed by atoms with E-state index in [1.165, 1.54) is 10.9 Å². The van der Waals surface area contributed by atoms with Crippen LogP contribution in [0, 0.1) is 0 Å². The molecule has 17 heavy (non-hydrogen) atoms. The lowest BCUT2D eigenvalue weighted by Crippen LogP contribution is -2.12. The van der Waals surface area contributed by atoms with E-state index in [2.05, 4.69) is 15.6 Å². The topological polar surface area (TPSA) is 59.8 Å². The van der Waals surface area contributed by atoms with Crippen molar-refractivity contribution < 1.29 is 4.79 Å². The minimum Gasteiger partial charge on any atom is -0.319 e. The largest absolute Gasteiger partial charge is 0.319 e. The SMILES string of the molecule is Cn1cc(C(=O)Nc2cccc(Cl)c2Cl)nn1. The van der Waals surface area contributed by atoms with Gasteiger partial charge in [0.05, 0.1) is 21.9 Å². The standard InChI is InChI=1S/C10H8Cl2N4O/c1-16-5-8(14-15-16)10(17)13-7-4-2-3-6(11)9(7)12/h2-5H,1H3,(H,13,17). The fourth-order valence-electron chi connectivity index (χ4n) is 1.24. The minimum atomic E-state index is -0.387. The van der Waals surface area contributed by atoms with Gasteiger partial charge in [-0.05, 0) is 12.1 Å². The third-order valence-electron chi connectivity index (χ3n) is 2.04. The molecule has 0 radical (unpaired) electrons. The number of halogens is 2. The zero-order valence-corrected chi connectivity index (χ0v) is 10.3. The smallest absolute Gasteiger partial charge is 0.277 e. The van der Waals surface area contributed by atoms with Crippen LogP contribution >= 0.6 is 23.2 Å². The van der Waals surface area contributed by atoms with E-state index in [9.17, 15) is 4.79 Å². The Hall–Kier alpha value is -1.59. The van der Waals surface area contributed by atoms with E-state index < -0.39 is 0 Å². The molecule has 7 heteroatoms. The van der Waals surface area contributed by atoms with Gasteiger partial charge in [-0.1, -0.05) is 34.5 Å². The van der Waals surface area contributed by atoms with E-state index in [1.807, 2.05) is 0 Å². The zero-order valence-electron chi connectivity index (χ0n) is 8.82. The summed E-state index contributed by atoms with van der Waals surface area (Å²) in [5.41, 5.74) is 0.651. The summed E-state index contributed by atoms with van der Waals surface area (Å²) in [6.45, 7) is 0. The van der Waals surface area contributed by atoms with Crippen molar-refractivity contribution in [1.29, 1.82) is 0 Å². The highest BCUT2D eigenvalue weighted by atomic mass is 35.5. The summed E-state index contributed by atoms with van der Waals surface area (Å²) in [7, 11) is 1.68. The maximum atomic E-state index is 11.8. The first-order chi connectivity index (χ1) is 8.08. The van der Waals surface area contributed by atoms with Gasteiger partial charge in [0, 0.05) is 7.05 Å². The van der Waals surface area contributed by atoms with E-state index >= 15 is 0 Å². The third-order valence-corrected chi connectivity index (χ3v) is 2.85. The molecule has 88 valence electrons. The zero-order chi connectivity index (χ0) is 12.4. The number of benzene rings is 1. The molecule has 1 heterocycles. The van der Waals surface area contributed by atoms with Gasteiger partial charge in [0.15, 0.2) is 5.69 Å². The second-order valence-electron chi connectivity index (χ2n) is 3.33. The van der Waals surface area contributed by atoms with Crippen molar-refractivity contribution in [2.45, 2.75) is 0 Å². The highest BCUT2D eigenvalue weighted by Crippen LogP contribution is 2.29. The molecule has 0 aliphatic heterocycles. The predicted octanol–water partition coefficient (Wildman–Crippen LogP) is 2.37. The van der Waals surface area contributed by atoms with Gasteiger partial charge in [0.25, 0.3) is 5.91 Å². The summed E-state index contributed by atoms with van der Waals surface area (Å²) in [5.74, 6) is -0.387. The quantitative estimate of drug-likeness (QED) is 0.912. The molecule has 0 unspecified atom stereocenters. The van der Waals surface area contributed by atoms with Crippen LogP contribution in [-0.4, -0.2) is 20.9 Å². The Labute approximate surface area is 107 Å². The van der Waals surface area contributed by atoms with Crippen molar-refractivity contribution in [3.05, 3.63) is 40.1 Å². The van der Waals surface area contributed by atoms with Crippen molar-refractivity contribution in [3.8, 4) is 0 Å². The normalized spacial score (nSPS) is 10.3. The number of hydrogen-bond donors (Lipinski definition) is 1. The number of aromatic nitrogens is 3. The first kappa shape index (κ1) is 11.9. The molecule has 1 aromatic heterocycles. The Morgan fingerprint density at radius 3 is 2.82 bits per heavy atom. The molecule has 0 saturated heterocycles. The van der Waals surface area contributed by atoms with Crippen LogP contribution in [0.25, 0.3) is 0 Å². The number of rotatable bonds is 2. The van der Waals surface area contributed by atoms with Gasteiger partial charge in [-0.3, -0.25) is 9.48 Å². The average molecular weight is 271 g/mol. The van der Waals surface area contributed by atoms with E-state index in [1.54, 1.807) is 25.2 Å². The van der Waals surface area contributed by atoms with Gasteiger partial charge in [-0.15, -0.1) is 5.10 Å². The number of amides is 1. The summed E-state index contributed by atoms with van der Waals surface area (Å²) in [6, 6.07) is 4.99. The molecule has 0 spiro atoms. The van der Waals surface area contributed by atoms with Gasteiger partial charge < -0.3 is 5.32 Å². The lowest BCUT2D eigenvalue weighted by Gasteiger charge is -2.05. The molecule has 0 atom stereocenters. The lowest BCUT2D eigenvalue weighted by molar-refractivity contribution is 0.102. The van der Waals surface area contributed by atoms with Crippen molar-refractivity contribution in [2.24, 2.45) is 7.05 Å². The highest BCUT2D eigenvalue weighted by molar-refractivity contribution is 6.44. The Bertz CT molecular complexity index is 567. The van der Waals surface area contributed by atoms with Crippen molar-refractivity contribution in [3.63, 3.8) is 0 Å². The van der Waals surface area contributed by atoms with Crippen LogP contribution in [0.2, 0.25) is 10.0 Å². The Kier molecular flexibility index (Phi) is 3.31. The molecule has 0 aliphatic carbocycles. The summed E-state index contributed by atoms with van der Waals surface area (Å²) in [6.07, 6.45) is 1.51. The van der Waals surface area contributed by atoms with Crippen LogP contribution in [0.15, 0.2) is 24.4 Å². The Balaban J connectivity index is 2.21. The number of hydrogen-bond acceptors (Lipinski definition) is 3. The number of carbonyl (C=O) groups excluding carboxylic acids is 1. The molecule has 0 saturated carbocycles. The minimum absolute atomic E-state index is 0.212. The molecule has 2 rings (SSSR count). The summed E-state index contributed by atoms with van der Waals surface area (Å²) >= 11 is 11.8. The molecule has 0 aliphatic rings. The van der Waals surface area contributed by atoms with Crippen LogP contribution in [0.3, 0.4) is 0 Å². The first-order valence-corrected chi connectivity index (χ1v) is 5.45. The first-order valence-electron chi connectivity index (χ1n) is 4.69. The summed E-state index contributed by atoms with van der Waals surface area (Å²) < 4.78 is 1.44.